The Kier molecular flexibility index (Phi) is 3.87. The molecule has 2 aliphatic rings. The number of hydrogen-bond donors (Lipinski definition) is 1. The highest BCUT2D eigenvalue weighted by Crippen LogP contribution is 2.49. The molecule has 1 saturated heterocycles. The lowest BCUT2D eigenvalue weighted by Gasteiger charge is -2.57. The summed E-state index contributed by atoms with van der Waals surface area (Å²) in [4.78, 5) is 10.4. The number of nitrogens with zero attached hydrogens (tertiary/aromatic N) is 3. The largest absolute Gasteiger partial charge is 0.488 e. The van der Waals surface area contributed by atoms with Crippen molar-refractivity contribution in [2.45, 2.75) is 32.3 Å². The minimum atomic E-state index is -0.455. The molecule has 3 heterocycles. The van der Waals surface area contributed by atoms with Crippen LogP contribution < -0.4 is 10.5 Å². The van der Waals surface area contributed by atoms with E-state index in [1.54, 1.807) is 18.5 Å². The molecule has 0 bridgehead atoms. The predicted molar refractivity (Wildman–Crippen MR) is 94.0 cm³/mol. The van der Waals surface area contributed by atoms with E-state index in [9.17, 15) is 4.39 Å². The van der Waals surface area contributed by atoms with Crippen LogP contribution in [0.15, 0.2) is 24.7 Å². The van der Waals surface area contributed by atoms with Crippen molar-refractivity contribution in [1.29, 1.82) is 0 Å². The summed E-state index contributed by atoms with van der Waals surface area (Å²) < 4.78 is 20.3. The number of halogens is 1. The molecular formula is C19H23FN4O. The fraction of sp³-hybridized carbons (Fsp3) is 0.474. The van der Waals surface area contributed by atoms with Crippen LogP contribution in [0.1, 0.15) is 29.5 Å². The molecule has 0 aromatic carbocycles. The summed E-state index contributed by atoms with van der Waals surface area (Å²) >= 11 is 0. The second-order valence-electron chi connectivity index (χ2n) is 7.59. The molecule has 0 unspecified atom stereocenters. The third kappa shape index (κ3) is 2.95. The van der Waals surface area contributed by atoms with Gasteiger partial charge in [0, 0.05) is 37.3 Å². The Balaban J connectivity index is 1.46. The van der Waals surface area contributed by atoms with Gasteiger partial charge in [0.25, 0.3) is 0 Å². The quantitative estimate of drug-likeness (QED) is 0.925. The van der Waals surface area contributed by atoms with Gasteiger partial charge in [-0.3, -0.25) is 4.98 Å². The molecule has 25 heavy (non-hydrogen) atoms. The summed E-state index contributed by atoms with van der Waals surface area (Å²) in [5, 5.41) is 0. The number of hydrogen-bond acceptors (Lipinski definition) is 5. The van der Waals surface area contributed by atoms with E-state index in [1.807, 2.05) is 6.92 Å². The maximum atomic E-state index is 14.1. The highest BCUT2D eigenvalue weighted by molar-refractivity contribution is 5.42. The maximum absolute atomic E-state index is 14.1. The van der Waals surface area contributed by atoms with Gasteiger partial charge >= 0.3 is 0 Å². The topological polar surface area (TPSA) is 64.3 Å². The molecular weight excluding hydrogens is 319 g/mol. The van der Waals surface area contributed by atoms with Crippen LogP contribution in [0.5, 0.6) is 5.75 Å². The van der Waals surface area contributed by atoms with Crippen molar-refractivity contribution >= 4 is 5.82 Å². The summed E-state index contributed by atoms with van der Waals surface area (Å²) in [5.74, 6) is 0.275. The first-order valence-corrected chi connectivity index (χ1v) is 8.63. The van der Waals surface area contributed by atoms with Crippen LogP contribution >= 0.6 is 0 Å². The van der Waals surface area contributed by atoms with Gasteiger partial charge in [0.05, 0.1) is 6.20 Å². The van der Waals surface area contributed by atoms with Crippen LogP contribution in [0.3, 0.4) is 0 Å². The van der Waals surface area contributed by atoms with Crippen LogP contribution in [0.4, 0.5) is 10.2 Å². The molecule has 6 heteroatoms. The number of nitrogens with two attached hydrogens (primary N) is 1. The van der Waals surface area contributed by atoms with E-state index < -0.39 is 5.82 Å². The molecule has 1 aliphatic carbocycles. The average molecular weight is 342 g/mol. The van der Waals surface area contributed by atoms with Crippen LogP contribution in [0.2, 0.25) is 0 Å². The van der Waals surface area contributed by atoms with Crippen molar-refractivity contribution in [1.82, 2.24) is 14.9 Å². The van der Waals surface area contributed by atoms with Gasteiger partial charge in [0.15, 0.2) is 11.6 Å². The van der Waals surface area contributed by atoms with Crippen LogP contribution in [0, 0.1) is 18.2 Å². The Labute approximate surface area is 147 Å². The third-order valence-electron chi connectivity index (χ3n) is 5.48. The summed E-state index contributed by atoms with van der Waals surface area (Å²) in [6.45, 7) is 4.35. The van der Waals surface area contributed by atoms with Gasteiger partial charge in [0.2, 0.25) is 0 Å². The molecule has 0 radical (unpaired) electrons. The monoisotopic (exact) mass is 342 g/mol. The molecule has 0 amide bonds. The molecule has 1 saturated carbocycles. The number of aromatic nitrogens is 2. The van der Waals surface area contributed by atoms with Gasteiger partial charge in [-0.1, -0.05) is 0 Å². The van der Waals surface area contributed by atoms with E-state index in [0.717, 1.165) is 29.7 Å². The third-order valence-corrected chi connectivity index (χ3v) is 5.48. The Morgan fingerprint density at radius 1 is 1.32 bits per heavy atom. The van der Waals surface area contributed by atoms with Crippen molar-refractivity contribution in [2.24, 2.45) is 5.41 Å². The predicted octanol–water partition coefficient (Wildman–Crippen LogP) is 2.57. The Hall–Kier alpha value is -2.21. The maximum Gasteiger partial charge on any atom is 0.168 e. The second-order valence-corrected chi connectivity index (χ2v) is 7.59. The summed E-state index contributed by atoms with van der Waals surface area (Å²) in [6.07, 6.45) is 7.95. The number of anilines is 1. The lowest BCUT2D eigenvalue weighted by atomic mass is 9.62. The molecule has 2 aromatic heterocycles. The van der Waals surface area contributed by atoms with Crippen LogP contribution in [0.25, 0.3) is 0 Å². The van der Waals surface area contributed by atoms with E-state index in [2.05, 4.69) is 21.9 Å². The second kappa shape index (κ2) is 5.95. The average Bonchev–Trinajstić information content (AvgIpc) is 2.52. The first-order valence-electron chi connectivity index (χ1n) is 8.63. The minimum Gasteiger partial charge on any atom is -0.488 e. The number of rotatable bonds is 4. The lowest BCUT2D eigenvalue weighted by molar-refractivity contribution is -0.109. The van der Waals surface area contributed by atoms with Crippen LogP contribution in [-0.4, -0.2) is 41.1 Å². The van der Waals surface area contributed by atoms with E-state index in [4.69, 9.17) is 10.5 Å². The molecule has 4 rings (SSSR count). The van der Waals surface area contributed by atoms with Crippen LogP contribution in [-0.2, 0) is 6.42 Å². The molecule has 0 atom stereocenters. The number of nitrogen functional groups attached to an aromatic ring is 1. The molecule has 132 valence electrons. The molecule has 2 fully saturated rings. The van der Waals surface area contributed by atoms with Crippen molar-refractivity contribution in [2.75, 3.05) is 25.9 Å². The standard InChI is InChI=1S/C19H23FN4O/c1-12-14(5-13-3-4-23-18(21)17(13)20)8-22-9-16(12)25-15-6-19(7-15)10-24(2)11-19/h3-4,8-9,15H,5-7,10-11H2,1-2H3,(H2,21,23). The van der Waals surface area contributed by atoms with Crippen molar-refractivity contribution in [3.05, 3.63) is 47.2 Å². The van der Waals surface area contributed by atoms with Gasteiger partial charge in [0.1, 0.15) is 11.9 Å². The zero-order chi connectivity index (χ0) is 17.6. The van der Waals surface area contributed by atoms with Gasteiger partial charge in [-0.2, -0.15) is 0 Å². The molecule has 2 aromatic rings. The zero-order valence-corrected chi connectivity index (χ0v) is 14.6. The minimum absolute atomic E-state index is 0.0688. The molecule has 1 spiro atoms. The summed E-state index contributed by atoms with van der Waals surface area (Å²) in [6, 6.07) is 1.65. The fourth-order valence-electron chi connectivity index (χ4n) is 4.21. The zero-order valence-electron chi connectivity index (χ0n) is 14.6. The normalized spacial score (nSPS) is 19.5. The number of ether oxygens (including phenoxy) is 1. The van der Waals surface area contributed by atoms with Gasteiger partial charge in [-0.15, -0.1) is 0 Å². The van der Waals surface area contributed by atoms with Crippen molar-refractivity contribution < 1.29 is 9.13 Å². The van der Waals surface area contributed by atoms with Gasteiger partial charge in [-0.25, -0.2) is 9.37 Å². The number of likely N-dealkylation sites (tertiary alicyclic amines) is 1. The Morgan fingerprint density at radius 2 is 2.08 bits per heavy atom. The first-order chi connectivity index (χ1) is 12.0. The smallest absolute Gasteiger partial charge is 0.168 e. The van der Waals surface area contributed by atoms with Gasteiger partial charge < -0.3 is 15.4 Å². The SMILES string of the molecule is Cc1c(Cc2ccnc(N)c2F)cncc1OC1CC2(C1)CN(C)C2. The van der Waals surface area contributed by atoms with E-state index in [0.29, 0.717) is 17.4 Å². The Bertz CT molecular complexity index is 796. The van der Waals surface area contributed by atoms with Crippen molar-refractivity contribution in [3.8, 4) is 5.75 Å². The van der Waals surface area contributed by atoms with Crippen molar-refractivity contribution in [3.63, 3.8) is 0 Å². The highest BCUT2D eigenvalue weighted by Gasteiger charge is 2.52. The summed E-state index contributed by atoms with van der Waals surface area (Å²) in [5.41, 5.74) is 8.52. The Morgan fingerprint density at radius 3 is 2.80 bits per heavy atom. The molecule has 2 N–H and O–H groups in total. The molecule has 5 nitrogen and oxygen atoms in total. The summed E-state index contributed by atoms with van der Waals surface area (Å²) in [7, 11) is 2.15. The van der Waals surface area contributed by atoms with E-state index in [1.165, 1.54) is 19.3 Å². The fourth-order valence-corrected chi connectivity index (χ4v) is 4.21. The number of pyridine rings is 2. The highest BCUT2D eigenvalue weighted by atomic mass is 19.1. The van der Waals surface area contributed by atoms with E-state index >= 15 is 0 Å². The first kappa shape index (κ1) is 16.3. The lowest BCUT2D eigenvalue weighted by Crippen LogP contribution is -2.63. The van der Waals surface area contributed by atoms with E-state index in [-0.39, 0.29) is 11.9 Å². The molecule has 1 aliphatic heterocycles. The van der Waals surface area contributed by atoms with Gasteiger partial charge in [-0.05, 0) is 49.6 Å².